The van der Waals surface area contributed by atoms with Crippen LogP contribution in [0, 0.1) is 6.92 Å². The number of carbonyl (C=O) groups is 1. The highest BCUT2D eigenvalue weighted by atomic mass is 32.2. The molecule has 0 unspecified atom stereocenters. The summed E-state index contributed by atoms with van der Waals surface area (Å²) in [5.74, 6) is 0.376. The fourth-order valence-electron chi connectivity index (χ4n) is 3.46. The van der Waals surface area contributed by atoms with E-state index >= 15 is 0 Å². The number of thioether (sulfide) groups is 1. The summed E-state index contributed by atoms with van der Waals surface area (Å²) in [6.45, 7) is 7.48. The van der Waals surface area contributed by atoms with Gasteiger partial charge in [-0.3, -0.25) is 18.9 Å². The van der Waals surface area contributed by atoms with Crippen molar-refractivity contribution in [1.29, 1.82) is 0 Å². The number of carbonyl (C=O) groups excluding carboxylic acids is 1. The van der Waals surface area contributed by atoms with Crippen molar-refractivity contribution < 1.29 is 4.79 Å². The van der Waals surface area contributed by atoms with Crippen molar-refractivity contribution in [1.82, 2.24) is 14.3 Å². The Morgan fingerprint density at radius 3 is 2.65 bits per heavy atom. The van der Waals surface area contributed by atoms with Gasteiger partial charge in [0.05, 0.1) is 10.5 Å². The molecule has 1 saturated heterocycles. The third-order valence-corrected chi connectivity index (χ3v) is 6.56. The highest BCUT2D eigenvalue weighted by Gasteiger charge is 2.32. The Bertz CT molecular complexity index is 1060. The largest absolute Gasteiger partial charge is 0.369 e. The molecule has 1 N–H and O–H groups in total. The molecule has 3 rings (SSSR count). The first-order chi connectivity index (χ1) is 15.0. The molecule has 31 heavy (non-hydrogen) atoms. The van der Waals surface area contributed by atoms with E-state index in [0.29, 0.717) is 39.3 Å². The quantitative estimate of drug-likeness (QED) is 0.307. The van der Waals surface area contributed by atoms with Crippen LogP contribution in [0.1, 0.15) is 63.5 Å². The number of nitrogens with zero attached hydrogens (tertiary/aromatic N) is 3. The van der Waals surface area contributed by atoms with Gasteiger partial charge in [0.15, 0.2) is 0 Å². The van der Waals surface area contributed by atoms with E-state index < -0.39 is 0 Å². The van der Waals surface area contributed by atoms with Crippen LogP contribution in [0.4, 0.5) is 5.82 Å². The first kappa shape index (κ1) is 23.5. The second kappa shape index (κ2) is 10.9. The summed E-state index contributed by atoms with van der Waals surface area (Å²) >= 11 is 6.71. The molecule has 6 nitrogen and oxygen atoms in total. The number of aryl methyl sites for hydroxylation is 1. The minimum atomic E-state index is -0.197. The van der Waals surface area contributed by atoms with E-state index in [0.717, 1.165) is 24.8 Å². The molecule has 0 atom stereocenters. The van der Waals surface area contributed by atoms with Gasteiger partial charge in [0.25, 0.3) is 11.5 Å². The second-order valence-electron chi connectivity index (χ2n) is 7.79. The number of hydrogen-bond donors (Lipinski definition) is 1. The zero-order valence-electron chi connectivity index (χ0n) is 18.4. The lowest BCUT2D eigenvalue weighted by Gasteiger charge is -2.14. The Kier molecular flexibility index (Phi) is 8.26. The van der Waals surface area contributed by atoms with Gasteiger partial charge in [-0.05, 0) is 37.5 Å². The summed E-state index contributed by atoms with van der Waals surface area (Å²) in [5, 5.41) is 3.24. The van der Waals surface area contributed by atoms with E-state index in [1.165, 1.54) is 35.4 Å². The highest BCUT2D eigenvalue weighted by molar-refractivity contribution is 8.26. The van der Waals surface area contributed by atoms with Crippen LogP contribution in [0.25, 0.3) is 11.7 Å². The van der Waals surface area contributed by atoms with E-state index in [1.807, 2.05) is 19.1 Å². The van der Waals surface area contributed by atoms with Crippen LogP contribution in [-0.4, -0.2) is 37.6 Å². The molecule has 2 aromatic heterocycles. The normalized spacial score (nSPS) is 15.5. The third-order valence-electron chi connectivity index (χ3n) is 5.18. The molecule has 0 saturated carbocycles. The first-order valence-corrected chi connectivity index (χ1v) is 12.2. The lowest BCUT2D eigenvalue weighted by molar-refractivity contribution is -0.122. The molecule has 1 amide bonds. The van der Waals surface area contributed by atoms with Gasteiger partial charge >= 0.3 is 0 Å². The molecule has 0 bridgehead atoms. The van der Waals surface area contributed by atoms with Gasteiger partial charge in [-0.15, -0.1) is 0 Å². The summed E-state index contributed by atoms with van der Waals surface area (Å²) in [4.78, 5) is 33.0. The van der Waals surface area contributed by atoms with Gasteiger partial charge in [0.1, 0.15) is 15.8 Å². The van der Waals surface area contributed by atoms with E-state index in [1.54, 1.807) is 17.2 Å². The Morgan fingerprint density at radius 2 is 1.90 bits per heavy atom. The fourth-order valence-corrected chi connectivity index (χ4v) is 4.75. The minimum absolute atomic E-state index is 0.124. The fraction of sp³-hybridized carbons (Fsp3) is 0.478. The van der Waals surface area contributed by atoms with Gasteiger partial charge in [-0.2, -0.15) is 0 Å². The molecular weight excluding hydrogens is 428 g/mol. The number of unbranched alkanes of at least 4 members (excludes halogenated alkanes) is 4. The molecular formula is C23H30N4O2S2. The summed E-state index contributed by atoms with van der Waals surface area (Å²) in [6, 6.07) is 3.76. The number of fused-ring (bicyclic) bond motifs is 1. The molecule has 8 heteroatoms. The molecule has 2 aromatic rings. The molecule has 0 aliphatic carbocycles. The van der Waals surface area contributed by atoms with Crippen LogP contribution >= 0.6 is 24.0 Å². The van der Waals surface area contributed by atoms with Crippen LogP contribution in [0.15, 0.2) is 28.0 Å². The van der Waals surface area contributed by atoms with Crippen molar-refractivity contribution in [3.8, 4) is 0 Å². The van der Waals surface area contributed by atoms with E-state index in [9.17, 15) is 9.59 Å². The maximum absolute atomic E-state index is 13.3. The topological polar surface area (TPSA) is 66.7 Å². The predicted molar refractivity (Wildman–Crippen MR) is 134 cm³/mol. The monoisotopic (exact) mass is 458 g/mol. The highest BCUT2D eigenvalue weighted by Crippen LogP contribution is 2.33. The van der Waals surface area contributed by atoms with Crippen molar-refractivity contribution in [2.24, 2.45) is 0 Å². The van der Waals surface area contributed by atoms with Crippen molar-refractivity contribution in [3.05, 3.63) is 44.7 Å². The van der Waals surface area contributed by atoms with Gasteiger partial charge < -0.3 is 5.32 Å². The number of nitrogens with one attached hydrogen (secondary N) is 1. The number of amides is 1. The summed E-state index contributed by atoms with van der Waals surface area (Å²) in [6.07, 6.45) is 9.91. The molecule has 1 aliphatic heterocycles. The molecule has 166 valence electrons. The minimum Gasteiger partial charge on any atom is -0.369 e. The van der Waals surface area contributed by atoms with Crippen molar-refractivity contribution >= 4 is 51.7 Å². The van der Waals surface area contributed by atoms with E-state index in [4.69, 9.17) is 12.2 Å². The molecule has 0 aromatic carbocycles. The molecule has 0 radical (unpaired) electrons. The SMILES string of the molecule is CCCCCCCN1C(=O)C(=Cc2c(NCCC)nc3ccc(C)cn3c2=O)SC1=S. The maximum Gasteiger partial charge on any atom is 0.267 e. The standard InChI is InChI=1S/C23H30N4O2S2/c1-4-6-7-8-9-13-26-22(29)18(31-23(26)30)14-17-20(24-12-5-2)25-19-11-10-16(3)15-27(19)21(17)28/h10-11,14-15,24H,4-9,12-13H2,1-3H3. The zero-order chi connectivity index (χ0) is 22.4. The zero-order valence-corrected chi connectivity index (χ0v) is 20.1. The summed E-state index contributed by atoms with van der Waals surface area (Å²) in [5.41, 5.74) is 1.73. The molecule has 3 heterocycles. The molecule has 1 fully saturated rings. The van der Waals surface area contributed by atoms with Gasteiger partial charge in [0.2, 0.25) is 0 Å². The second-order valence-corrected chi connectivity index (χ2v) is 9.46. The predicted octanol–water partition coefficient (Wildman–Crippen LogP) is 5.00. The number of pyridine rings is 1. The van der Waals surface area contributed by atoms with Gasteiger partial charge in [0, 0.05) is 19.3 Å². The Morgan fingerprint density at radius 1 is 1.13 bits per heavy atom. The van der Waals surface area contributed by atoms with Gasteiger partial charge in [-0.1, -0.05) is 69.6 Å². The van der Waals surface area contributed by atoms with Gasteiger partial charge in [-0.25, -0.2) is 4.98 Å². The van der Waals surface area contributed by atoms with Crippen molar-refractivity contribution in [2.75, 3.05) is 18.4 Å². The smallest absolute Gasteiger partial charge is 0.267 e. The summed E-state index contributed by atoms with van der Waals surface area (Å²) < 4.78 is 2.09. The Hall–Kier alpha value is -2.19. The number of thiocarbonyl (C=S) groups is 1. The summed E-state index contributed by atoms with van der Waals surface area (Å²) in [7, 11) is 0. The number of hydrogen-bond acceptors (Lipinski definition) is 6. The van der Waals surface area contributed by atoms with Crippen LogP contribution in [0.3, 0.4) is 0 Å². The first-order valence-electron chi connectivity index (χ1n) is 11.0. The van der Waals surface area contributed by atoms with E-state index in [2.05, 4.69) is 24.1 Å². The van der Waals surface area contributed by atoms with Crippen molar-refractivity contribution in [2.45, 2.75) is 59.3 Å². The molecule has 0 spiro atoms. The van der Waals surface area contributed by atoms with Crippen LogP contribution in [0.2, 0.25) is 0 Å². The van der Waals surface area contributed by atoms with Crippen LogP contribution in [-0.2, 0) is 4.79 Å². The van der Waals surface area contributed by atoms with E-state index in [-0.39, 0.29) is 11.5 Å². The van der Waals surface area contributed by atoms with Crippen LogP contribution in [0.5, 0.6) is 0 Å². The number of anilines is 1. The average Bonchev–Trinajstić information content (AvgIpc) is 3.02. The lowest BCUT2D eigenvalue weighted by atomic mass is 10.1. The average molecular weight is 459 g/mol. The lowest BCUT2D eigenvalue weighted by Crippen LogP contribution is -2.29. The van der Waals surface area contributed by atoms with Crippen LogP contribution < -0.4 is 10.9 Å². The number of rotatable bonds is 10. The third kappa shape index (κ3) is 5.54. The Balaban J connectivity index is 1.91. The Labute approximate surface area is 193 Å². The van der Waals surface area contributed by atoms with Crippen molar-refractivity contribution in [3.63, 3.8) is 0 Å². The maximum atomic E-state index is 13.3. The molecule has 1 aliphatic rings. The number of aromatic nitrogens is 2.